The number of carboxylic acid groups (broad SMARTS) is 2. The van der Waals surface area contributed by atoms with Gasteiger partial charge in [0.1, 0.15) is 17.8 Å². The number of nitrogens with zero attached hydrogens (tertiary/aromatic N) is 2. The highest BCUT2D eigenvalue weighted by Crippen LogP contribution is 2.43. The number of carbonyl (C=O) groups excluding carboxylic acids is 2. The van der Waals surface area contributed by atoms with Gasteiger partial charge in [-0.1, -0.05) is 83.9 Å². The number of amides is 2. The highest BCUT2D eigenvalue weighted by Gasteiger charge is 2.46. The zero-order chi connectivity index (χ0) is 39.6. The predicted molar refractivity (Wildman–Crippen MR) is 198 cm³/mol. The molecule has 4 aromatic rings. The number of ether oxygens (including phenoxy) is 1. The van der Waals surface area contributed by atoms with Crippen molar-refractivity contribution in [1.29, 1.82) is 0 Å². The second kappa shape index (κ2) is 16.3. The van der Waals surface area contributed by atoms with Crippen molar-refractivity contribution in [3.63, 3.8) is 0 Å². The molecule has 2 N–H and O–H groups in total. The van der Waals surface area contributed by atoms with Gasteiger partial charge in [-0.2, -0.15) is 0 Å². The molecule has 0 spiro atoms. The summed E-state index contributed by atoms with van der Waals surface area (Å²) in [5.74, 6) is -3.64. The van der Waals surface area contributed by atoms with Crippen LogP contribution in [0.3, 0.4) is 0 Å². The minimum atomic E-state index is -4.91. The van der Waals surface area contributed by atoms with E-state index in [0.717, 1.165) is 17.7 Å². The van der Waals surface area contributed by atoms with Gasteiger partial charge in [-0.15, -0.1) is 13.2 Å². The van der Waals surface area contributed by atoms with Crippen LogP contribution in [0.4, 0.5) is 13.2 Å². The van der Waals surface area contributed by atoms with Crippen molar-refractivity contribution in [3.05, 3.63) is 134 Å². The maximum absolute atomic E-state index is 13.3. The number of rotatable bonds is 7. The van der Waals surface area contributed by atoms with Crippen LogP contribution in [0.1, 0.15) is 75.9 Å². The third kappa shape index (κ3) is 8.76. The number of halogens is 5. The van der Waals surface area contributed by atoms with E-state index in [1.54, 1.807) is 35.2 Å². The fraction of sp³-hybridized carbons (Fsp3) is 0.317. The first-order valence-corrected chi connectivity index (χ1v) is 18.4. The molecule has 0 radical (unpaired) electrons. The van der Waals surface area contributed by atoms with Crippen LogP contribution < -0.4 is 4.74 Å². The Morgan fingerprint density at radius 1 is 0.691 bits per heavy atom. The Morgan fingerprint density at radius 2 is 1.16 bits per heavy atom. The highest BCUT2D eigenvalue weighted by atomic mass is 35.5. The maximum Gasteiger partial charge on any atom is 0.573 e. The third-order valence-electron chi connectivity index (χ3n) is 10.3. The van der Waals surface area contributed by atoms with Crippen LogP contribution in [-0.2, 0) is 27.2 Å². The van der Waals surface area contributed by atoms with E-state index in [1.807, 2.05) is 42.5 Å². The van der Waals surface area contributed by atoms with Gasteiger partial charge in [0.05, 0.1) is 12.1 Å². The zero-order valence-electron chi connectivity index (χ0n) is 29.5. The van der Waals surface area contributed by atoms with Crippen LogP contribution in [0.2, 0.25) is 10.0 Å². The number of hydrogen-bond donors (Lipinski definition) is 2. The van der Waals surface area contributed by atoms with E-state index in [9.17, 15) is 42.6 Å². The normalized spacial score (nSPS) is 20.8. The summed E-state index contributed by atoms with van der Waals surface area (Å²) in [7, 11) is 0. The molecule has 2 aliphatic heterocycles. The standard InChI is InChI=1S/C21H20ClNO3.C20H17ClF3NO4/c22-17-8-4-3-7-16(17)18-9-10-19(21(25)26)23(18)20(24)15-11-13-5-1-2-6-14(13)12-15;1-11-8-12(10-13(9-11)29-20(22,23)24)18(26)25-16(6-7-17(25)19(27)28)14-4-2-3-5-15(14)21/h1-8,15,18-19H,9-12H2,(H,25,26);2-5,8-10,16-17H,6-7H2,1H3,(H,27,28)/t18-,19+;16-,17+/m11/s1. The summed E-state index contributed by atoms with van der Waals surface area (Å²) in [4.78, 5) is 52.8. The molecule has 288 valence electrons. The molecule has 55 heavy (non-hydrogen) atoms. The van der Waals surface area contributed by atoms with Gasteiger partial charge in [0, 0.05) is 21.5 Å². The number of fused-ring (bicyclic) bond motifs is 1. The fourth-order valence-electron chi connectivity index (χ4n) is 7.96. The monoisotopic (exact) mass is 796 g/mol. The lowest BCUT2D eigenvalue weighted by atomic mass is 10.0. The van der Waals surface area contributed by atoms with Crippen LogP contribution in [0.25, 0.3) is 0 Å². The molecule has 14 heteroatoms. The topological polar surface area (TPSA) is 124 Å². The number of hydrogen-bond acceptors (Lipinski definition) is 5. The second-order valence-electron chi connectivity index (χ2n) is 13.9. The van der Waals surface area contributed by atoms with E-state index in [1.165, 1.54) is 29.0 Å². The second-order valence-corrected chi connectivity index (χ2v) is 14.7. The van der Waals surface area contributed by atoms with Gasteiger partial charge in [0.25, 0.3) is 5.91 Å². The Balaban J connectivity index is 0.000000188. The molecule has 2 amide bonds. The van der Waals surface area contributed by atoms with Crippen molar-refractivity contribution in [2.24, 2.45) is 5.92 Å². The summed E-state index contributed by atoms with van der Waals surface area (Å²) in [6.45, 7) is 1.52. The zero-order valence-corrected chi connectivity index (χ0v) is 31.0. The maximum atomic E-state index is 13.3. The van der Waals surface area contributed by atoms with E-state index in [4.69, 9.17) is 23.2 Å². The Morgan fingerprint density at radius 3 is 1.65 bits per heavy atom. The van der Waals surface area contributed by atoms with E-state index in [-0.39, 0.29) is 29.9 Å². The average molecular weight is 798 g/mol. The van der Waals surface area contributed by atoms with Crippen LogP contribution in [0, 0.1) is 12.8 Å². The fourth-order valence-corrected chi connectivity index (χ4v) is 8.48. The van der Waals surface area contributed by atoms with Gasteiger partial charge in [-0.3, -0.25) is 9.59 Å². The summed E-state index contributed by atoms with van der Waals surface area (Å²) in [5.41, 5.74) is 4.08. The molecule has 0 bridgehead atoms. The van der Waals surface area contributed by atoms with Crippen molar-refractivity contribution in [2.75, 3.05) is 0 Å². The number of aryl methyl sites for hydroxylation is 1. The van der Waals surface area contributed by atoms with Crippen LogP contribution >= 0.6 is 23.2 Å². The van der Waals surface area contributed by atoms with E-state index in [2.05, 4.69) is 4.74 Å². The average Bonchev–Trinajstić information content (AvgIpc) is 3.88. The minimum absolute atomic E-state index is 0.0731. The largest absolute Gasteiger partial charge is 0.573 e. The molecule has 0 saturated carbocycles. The quantitative estimate of drug-likeness (QED) is 0.192. The molecule has 4 aromatic carbocycles. The molecule has 0 unspecified atom stereocenters. The molecular weight excluding hydrogens is 760 g/mol. The van der Waals surface area contributed by atoms with Crippen molar-refractivity contribution in [2.45, 2.75) is 76.0 Å². The molecule has 0 aromatic heterocycles. The lowest BCUT2D eigenvalue weighted by Crippen LogP contribution is -2.45. The van der Waals surface area contributed by atoms with E-state index >= 15 is 0 Å². The Hall–Kier alpha value is -5.07. The highest BCUT2D eigenvalue weighted by molar-refractivity contribution is 6.31. The third-order valence-corrected chi connectivity index (χ3v) is 11.0. The Bertz CT molecular complexity index is 2090. The van der Waals surface area contributed by atoms with Gasteiger partial charge in [0.15, 0.2) is 0 Å². The van der Waals surface area contributed by atoms with Gasteiger partial charge in [0.2, 0.25) is 5.91 Å². The molecule has 9 nitrogen and oxygen atoms in total. The lowest BCUT2D eigenvalue weighted by Gasteiger charge is -2.31. The SMILES string of the molecule is Cc1cc(OC(F)(F)F)cc(C(=O)N2[C@@H](c3ccccc3Cl)CC[C@H]2C(=O)O)c1.O=C(O)[C@@H]1CC[C@H](c2ccccc2Cl)N1C(=O)C1Cc2ccccc2C1. The molecule has 2 saturated heterocycles. The van der Waals surface area contributed by atoms with Crippen LogP contribution in [0.15, 0.2) is 91.0 Å². The van der Waals surface area contributed by atoms with Crippen molar-refractivity contribution >= 4 is 47.0 Å². The summed E-state index contributed by atoms with van der Waals surface area (Å²) >= 11 is 12.6. The summed E-state index contributed by atoms with van der Waals surface area (Å²) in [6.07, 6.45) is -1.92. The molecule has 2 fully saturated rings. The smallest absolute Gasteiger partial charge is 0.480 e. The van der Waals surface area contributed by atoms with Gasteiger partial charge in [-0.05, 0) is 104 Å². The minimum Gasteiger partial charge on any atom is -0.480 e. The molecule has 3 aliphatic rings. The lowest BCUT2D eigenvalue weighted by molar-refractivity contribution is -0.274. The summed E-state index contributed by atoms with van der Waals surface area (Å²) in [5, 5.41) is 20.2. The molecule has 4 atom stereocenters. The number of benzene rings is 4. The number of aliphatic carboxylic acids is 2. The first kappa shape index (κ1) is 39.6. The number of alkyl halides is 3. The number of likely N-dealkylation sites (tertiary alicyclic amines) is 2. The van der Waals surface area contributed by atoms with Gasteiger partial charge in [-0.25, -0.2) is 9.59 Å². The van der Waals surface area contributed by atoms with Crippen molar-refractivity contribution in [3.8, 4) is 5.75 Å². The van der Waals surface area contributed by atoms with Crippen LogP contribution in [-0.4, -0.2) is 62.2 Å². The van der Waals surface area contributed by atoms with E-state index < -0.39 is 48.1 Å². The molecule has 1 aliphatic carbocycles. The van der Waals surface area contributed by atoms with Crippen molar-refractivity contribution in [1.82, 2.24) is 9.80 Å². The van der Waals surface area contributed by atoms with E-state index in [0.29, 0.717) is 53.3 Å². The summed E-state index contributed by atoms with van der Waals surface area (Å²) < 4.78 is 41.7. The first-order valence-electron chi connectivity index (χ1n) is 17.7. The Labute approximate surface area is 325 Å². The molecular formula is C41H37Cl2F3N2O7. The van der Waals surface area contributed by atoms with Gasteiger partial charge < -0.3 is 24.7 Å². The van der Waals surface area contributed by atoms with Gasteiger partial charge >= 0.3 is 18.3 Å². The molecule has 7 rings (SSSR count). The number of carboxylic acids is 2. The summed E-state index contributed by atoms with van der Waals surface area (Å²) in [6, 6.07) is 22.9. The number of carbonyl (C=O) groups is 4. The van der Waals surface area contributed by atoms with Crippen LogP contribution in [0.5, 0.6) is 5.75 Å². The molecule has 2 heterocycles. The Kier molecular flexibility index (Phi) is 11.8. The predicted octanol–water partition coefficient (Wildman–Crippen LogP) is 8.85. The first-order chi connectivity index (χ1) is 26.1. The van der Waals surface area contributed by atoms with Crippen molar-refractivity contribution < 1.29 is 47.3 Å².